The van der Waals surface area contributed by atoms with Gasteiger partial charge in [0.1, 0.15) is 0 Å². The number of hydrogen-bond acceptors (Lipinski definition) is 2. The quantitative estimate of drug-likeness (QED) is 0.778. The molecule has 0 spiro atoms. The number of rotatable bonds is 1. The lowest BCUT2D eigenvalue weighted by molar-refractivity contribution is 0.460. The van der Waals surface area contributed by atoms with Crippen LogP contribution >= 0.6 is 0 Å². The van der Waals surface area contributed by atoms with Crippen molar-refractivity contribution in [1.29, 1.82) is 0 Å². The molecule has 0 saturated carbocycles. The number of nitrogens with one attached hydrogen (secondary N) is 2. The van der Waals surface area contributed by atoms with Crippen LogP contribution in [0.15, 0.2) is 23.0 Å². The molecule has 2 heterocycles. The lowest BCUT2D eigenvalue weighted by Gasteiger charge is -2.22. The molecule has 90 valence electrons. The molecule has 2 N–H and O–H groups in total. The number of nitrogens with zero attached hydrogens (tertiary/aromatic N) is 1. The van der Waals surface area contributed by atoms with Gasteiger partial charge in [0.05, 0.1) is 11.0 Å². The van der Waals surface area contributed by atoms with Crippen LogP contribution in [0.1, 0.15) is 24.3 Å². The molecule has 0 bridgehead atoms. The second-order valence-corrected chi connectivity index (χ2v) is 4.79. The van der Waals surface area contributed by atoms with E-state index in [9.17, 15) is 4.79 Å². The van der Waals surface area contributed by atoms with E-state index in [4.69, 9.17) is 0 Å². The molecular formula is C13H17N3O. The summed E-state index contributed by atoms with van der Waals surface area (Å²) in [5, 5.41) is 3.37. The second kappa shape index (κ2) is 4.04. The van der Waals surface area contributed by atoms with E-state index in [-0.39, 0.29) is 5.69 Å². The van der Waals surface area contributed by atoms with Gasteiger partial charge < -0.3 is 10.3 Å². The maximum atomic E-state index is 11.5. The molecule has 0 amide bonds. The Morgan fingerprint density at radius 3 is 2.82 bits per heavy atom. The number of benzene rings is 1. The predicted molar refractivity (Wildman–Crippen MR) is 68.4 cm³/mol. The Morgan fingerprint density at radius 1 is 1.29 bits per heavy atom. The third kappa shape index (κ3) is 1.78. The molecular weight excluding hydrogens is 214 g/mol. The lowest BCUT2D eigenvalue weighted by Crippen LogP contribution is -2.26. The maximum Gasteiger partial charge on any atom is 0.326 e. The largest absolute Gasteiger partial charge is 0.326 e. The fraction of sp³-hybridized carbons (Fsp3) is 0.462. The molecule has 4 heteroatoms. The first-order valence-electron chi connectivity index (χ1n) is 6.15. The highest BCUT2D eigenvalue weighted by Gasteiger charge is 2.16. The van der Waals surface area contributed by atoms with E-state index in [0.717, 1.165) is 24.1 Å². The van der Waals surface area contributed by atoms with Crippen molar-refractivity contribution in [3.63, 3.8) is 0 Å². The summed E-state index contributed by atoms with van der Waals surface area (Å²) in [6.45, 7) is 2.18. The van der Waals surface area contributed by atoms with Crippen molar-refractivity contribution in [2.75, 3.05) is 13.1 Å². The molecule has 0 aliphatic carbocycles. The van der Waals surface area contributed by atoms with Crippen LogP contribution in [0, 0.1) is 0 Å². The molecule has 1 saturated heterocycles. The third-order valence-corrected chi connectivity index (χ3v) is 3.74. The molecule has 1 aromatic heterocycles. The minimum absolute atomic E-state index is 0.0394. The molecule has 1 aliphatic heterocycles. The zero-order valence-electron chi connectivity index (χ0n) is 9.99. The van der Waals surface area contributed by atoms with E-state index >= 15 is 0 Å². The first-order chi connectivity index (χ1) is 8.25. The number of H-pyrrole nitrogens is 1. The molecule has 1 aliphatic rings. The minimum Gasteiger partial charge on any atom is -0.317 e. The monoisotopic (exact) mass is 231 g/mol. The first kappa shape index (κ1) is 10.6. The van der Waals surface area contributed by atoms with Gasteiger partial charge in [-0.3, -0.25) is 4.57 Å². The van der Waals surface area contributed by atoms with Gasteiger partial charge >= 0.3 is 5.69 Å². The number of aromatic nitrogens is 2. The van der Waals surface area contributed by atoms with E-state index < -0.39 is 0 Å². The van der Waals surface area contributed by atoms with Gasteiger partial charge in [0.2, 0.25) is 0 Å². The Morgan fingerprint density at radius 2 is 2.06 bits per heavy atom. The van der Waals surface area contributed by atoms with Gasteiger partial charge in [-0.2, -0.15) is 0 Å². The van der Waals surface area contributed by atoms with Gasteiger partial charge in [0, 0.05) is 7.05 Å². The summed E-state index contributed by atoms with van der Waals surface area (Å²) in [4.78, 5) is 14.4. The average Bonchev–Trinajstić information content (AvgIpc) is 2.66. The molecule has 1 aromatic carbocycles. The van der Waals surface area contributed by atoms with Crippen LogP contribution in [0.25, 0.3) is 11.0 Å². The summed E-state index contributed by atoms with van der Waals surface area (Å²) in [6, 6.07) is 6.34. The van der Waals surface area contributed by atoms with Crippen LogP contribution in [0.5, 0.6) is 0 Å². The van der Waals surface area contributed by atoms with Crippen LogP contribution in [-0.2, 0) is 7.05 Å². The number of piperidine rings is 1. The smallest absolute Gasteiger partial charge is 0.317 e. The number of fused-ring (bicyclic) bond motifs is 1. The van der Waals surface area contributed by atoms with Gasteiger partial charge in [-0.15, -0.1) is 0 Å². The highest BCUT2D eigenvalue weighted by Crippen LogP contribution is 2.26. The SMILES string of the molecule is Cn1c(=O)[nH]c2cc(C3CCNCC3)ccc21. The predicted octanol–water partition coefficient (Wildman–Crippen LogP) is 1.33. The van der Waals surface area contributed by atoms with E-state index in [1.807, 2.05) is 6.07 Å². The summed E-state index contributed by atoms with van der Waals surface area (Å²) in [5.41, 5.74) is 3.24. The Hall–Kier alpha value is -1.55. The molecule has 0 radical (unpaired) electrons. The second-order valence-electron chi connectivity index (χ2n) is 4.79. The third-order valence-electron chi connectivity index (χ3n) is 3.74. The van der Waals surface area contributed by atoms with Crippen molar-refractivity contribution in [1.82, 2.24) is 14.9 Å². The maximum absolute atomic E-state index is 11.5. The Bertz CT molecular complexity index is 590. The van der Waals surface area contributed by atoms with E-state index in [1.165, 1.54) is 18.4 Å². The molecule has 17 heavy (non-hydrogen) atoms. The van der Waals surface area contributed by atoms with Gasteiger partial charge in [-0.05, 0) is 49.5 Å². The lowest BCUT2D eigenvalue weighted by atomic mass is 9.90. The zero-order valence-corrected chi connectivity index (χ0v) is 9.99. The standard InChI is InChI=1S/C13H17N3O/c1-16-12-3-2-10(8-11(12)15-13(16)17)9-4-6-14-7-5-9/h2-3,8-9,14H,4-7H2,1H3,(H,15,17). The zero-order chi connectivity index (χ0) is 11.8. The summed E-state index contributed by atoms with van der Waals surface area (Å²) in [5.74, 6) is 0.629. The number of aryl methyl sites for hydroxylation is 1. The summed E-state index contributed by atoms with van der Waals surface area (Å²) in [7, 11) is 1.80. The molecule has 2 aromatic rings. The highest BCUT2D eigenvalue weighted by molar-refractivity contribution is 5.76. The van der Waals surface area contributed by atoms with E-state index in [2.05, 4.69) is 22.4 Å². The normalized spacial score (nSPS) is 17.7. The Labute approximate surface area is 99.6 Å². The fourth-order valence-corrected chi connectivity index (χ4v) is 2.66. The van der Waals surface area contributed by atoms with Gasteiger partial charge in [0.15, 0.2) is 0 Å². The van der Waals surface area contributed by atoms with Crippen LogP contribution < -0.4 is 11.0 Å². The van der Waals surface area contributed by atoms with Crippen molar-refractivity contribution in [2.45, 2.75) is 18.8 Å². The molecule has 4 nitrogen and oxygen atoms in total. The minimum atomic E-state index is -0.0394. The number of aromatic amines is 1. The summed E-state index contributed by atoms with van der Waals surface area (Å²) in [6.07, 6.45) is 2.37. The fourth-order valence-electron chi connectivity index (χ4n) is 2.66. The average molecular weight is 231 g/mol. The van der Waals surface area contributed by atoms with Crippen LogP contribution in [0.3, 0.4) is 0 Å². The highest BCUT2D eigenvalue weighted by atomic mass is 16.1. The van der Waals surface area contributed by atoms with Crippen molar-refractivity contribution < 1.29 is 0 Å². The van der Waals surface area contributed by atoms with Gasteiger partial charge in [-0.1, -0.05) is 6.07 Å². The van der Waals surface area contributed by atoms with Crippen molar-refractivity contribution in [2.24, 2.45) is 7.05 Å². The number of hydrogen-bond donors (Lipinski definition) is 2. The summed E-state index contributed by atoms with van der Waals surface area (Å²) >= 11 is 0. The van der Waals surface area contributed by atoms with Crippen molar-refractivity contribution in [3.05, 3.63) is 34.2 Å². The van der Waals surface area contributed by atoms with Crippen LogP contribution in [0.4, 0.5) is 0 Å². The molecule has 0 atom stereocenters. The number of imidazole rings is 1. The van der Waals surface area contributed by atoms with Crippen molar-refractivity contribution in [3.8, 4) is 0 Å². The van der Waals surface area contributed by atoms with E-state index in [1.54, 1.807) is 11.6 Å². The van der Waals surface area contributed by atoms with Crippen LogP contribution in [0.2, 0.25) is 0 Å². The van der Waals surface area contributed by atoms with Crippen molar-refractivity contribution >= 4 is 11.0 Å². The van der Waals surface area contributed by atoms with E-state index in [0.29, 0.717) is 5.92 Å². The van der Waals surface area contributed by atoms with Crippen LogP contribution in [-0.4, -0.2) is 22.6 Å². The molecule has 3 rings (SSSR count). The Kier molecular flexibility index (Phi) is 2.52. The first-order valence-corrected chi connectivity index (χ1v) is 6.15. The topological polar surface area (TPSA) is 49.8 Å². The van der Waals surface area contributed by atoms with Gasteiger partial charge in [-0.25, -0.2) is 4.79 Å². The summed E-state index contributed by atoms with van der Waals surface area (Å²) < 4.78 is 1.65. The molecule has 1 fully saturated rings. The van der Waals surface area contributed by atoms with Gasteiger partial charge in [0.25, 0.3) is 0 Å². The molecule has 0 unspecified atom stereocenters. The Balaban J connectivity index is 2.04.